The Bertz CT molecular complexity index is 1890. The largest absolute Gasteiger partial charge is 0.472 e. The van der Waals surface area contributed by atoms with Crippen LogP contribution in [0.25, 0.3) is 0 Å². The minimum atomic E-state index is -4.96. The van der Waals surface area contributed by atoms with Crippen LogP contribution in [0.1, 0.15) is 414 Å². The lowest BCUT2D eigenvalue weighted by Crippen LogP contribution is -2.30. The zero-order chi connectivity index (χ0) is 72.1. The van der Waals surface area contributed by atoms with E-state index in [4.69, 9.17) is 37.0 Å². The molecule has 0 radical (unpaired) electrons. The Kier molecular flexibility index (Phi) is 69.3. The minimum absolute atomic E-state index is 0.106. The standard InChI is InChI=1S/C79H154O17P2/c1-7-9-11-13-15-17-19-21-22-25-28-32-38-44-50-56-62-77(82)90-67-74(95-78(83)63-57-51-45-39-33-29-26-23-24-27-30-35-41-47-53-59-71(3)4)69-93-97(85,86)91-65-73(80)66-92-98(87,88)94-70-75(96-79(84)64-58-52-46-40-34-36-42-48-54-60-72(5)6)68-89-76(81)61-55-49-43-37-31-20-18-16-14-12-10-8-2/h71-75,80H,7-70H2,1-6H3,(H,85,86)(H,87,88)/t73-,74-,75-/m1/s1. The number of aliphatic hydroxyl groups is 1. The smallest absolute Gasteiger partial charge is 0.462 e. The van der Waals surface area contributed by atoms with Gasteiger partial charge in [-0.3, -0.25) is 37.3 Å². The molecule has 0 saturated carbocycles. The predicted molar refractivity (Wildman–Crippen MR) is 400 cm³/mol. The van der Waals surface area contributed by atoms with E-state index in [9.17, 15) is 43.2 Å². The number of unbranched alkanes of at least 4 members (excludes halogenated alkanes) is 48. The van der Waals surface area contributed by atoms with Gasteiger partial charge in [0, 0.05) is 25.7 Å². The third-order valence-corrected chi connectivity index (χ3v) is 20.4. The van der Waals surface area contributed by atoms with E-state index in [1.165, 1.54) is 231 Å². The van der Waals surface area contributed by atoms with Crippen LogP contribution in [0, 0.1) is 11.8 Å². The summed E-state index contributed by atoms with van der Waals surface area (Å²) in [5, 5.41) is 10.6. The van der Waals surface area contributed by atoms with Gasteiger partial charge in [0.05, 0.1) is 26.4 Å². The molecule has 5 atom stereocenters. The Morgan fingerprint density at radius 1 is 0.276 bits per heavy atom. The fraction of sp³-hybridized carbons (Fsp3) is 0.949. The molecule has 0 amide bonds. The van der Waals surface area contributed by atoms with Crippen LogP contribution in [0.4, 0.5) is 0 Å². The van der Waals surface area contributed by atoms with Crippen molar-refractivity contribution in [1.82, 2.24) is 0 Å². The summed E-state index contributed by atoms with van der Waals surface area (Å²) in [7, 11) is -9.92. The lowest BCUT2D eigenvalue weighted by molar-refractivity contribution is -0.161. The van der Waals surface area contributed by atoms with Crippen LogP contribution in [-0.2, 0) is 65.4 Å². The molecule has 19 heteroatoms. The van der Waals surface area contributed by atoms with Gasteiger partial charge < -0.3 is 33.8 Å². The van der Waals surface area contributed by atoms with Gasteiger partial charge in [-0.1, -0.05) is 363 Å². The van der Waals surface area contributed by atoms with Gasteiger partial charge in [-0.2, -0.15) is 0 Å². The minimum Gasteiger partial charge on any atom is -0.462 e. The highest BCUT2D eigenvalue weighted by Gasteiger charge is 2.30. The molecular weight excluding hydrogens is 1280 g/mol. The topological polar surface area (TPSA) is 237 Å². The second-order valence-corrected chi connectivity index (χ2v) is 32.3. The van der Waals surface area contributed by atoms with Crippen molar-refractivity contribution in [2.75, 3.05) is 39.6 Å². The first-order chi connectivity index (χ1) is 47.4. The maximum absolute atomic E-state index is 13.1. The van der Waals surface area contributed by atoms with E-state index in [1.807, 2.05) is 0 Å². The van der Waals surface area contributed by atoms with Crippen LogP contribution in [0.2, 0.25) is 0 Å². The summed E-state index contributed by atoms with van der Waals surface area (Å²) in [5.41, 5.74) is 0. The van der Waals surface area contributed by atoms with Crippen LogP contribution in [0.5, 0.6) is 0 Å². The highest BCUT2D eigenvalue weighted by Crippen LogP contribution is 2.45. The summed E-state index contributed by atoms with van der Waals surface area (Å²) in [6, 6.07) is 0. The number of aliphatic hydroxyl groups excluding tert-OH is 1. The lowest BCUT2D eigenvalue weighted by atomic mass is 10.0. The monoisotopic (exact) mass is 1440 g/mol. The average Bonchev–Trinajstić information content (AvgIpc) is 1.17. The zero-order valence-corrected chi connectivity index (χ0v) is 65.9. The molecule has 98 heavy (non-hydrogen) atoms. The number of phosphoric acid groups is 2. The molecule has 17 nitrogen and oxygen atoms in total. The third-order valence-electron chi connectivity index (χ3n) is 18.5. The highest BCUT2D eigenvalue weighted by molar-refractivity contribution is 7.47. The van der Waals surface area contributed by atoms with Gasteiger partial charge in [0.1, 0.15) is 19.3 Å². The molecule has 0 aromatic rings. The van der Waals surface area contributed by atoms with Gasteiger partial charge >= 0.3 is 39.5 Å². The fourth-order valence-corrected chi connectivity index (χ4v) is 13.8. The van der Waals surface area contributed by atoms with E-state index in [-0.39, 0.29) is 25.7 Å². The Morgan fingerprint density at radius 2 is 0.469 bits per heavy atom. The molecule has 0 aliphatic heterocycles. The summed E-state index contributed by atoms with van der Waals surface area (Å²) in [6.45, 7) is 9.63. The second kappa shape index (κ2) is 70.7. The van der Waals surface area contributed by atoms with Crippen molar-refractivity contribution in [3.8, 4) is 0 Å². The van der Waals surface area contributed by atoms with Gasteiger partial charge in [0.15, 0.2) is 12.2 Å². The summed E-state index contributed by atoms with van der Waals surface area (Å²) in [5.74, 6) is -0.571. The van der Waals surface area contributed by atoms with E-state index in [0.29, 0.717) is 25.7 Å². The molecular formula is C79H154O17P2. The molecule has 0 fully saturated rings. The highest BCUT2D eigenvalue weighted by atomic mass is 31.2. The summed E-state index contributed by atoms with van der Waals surface area (Å²) in [6.07, 6.45) is 59.6. The molecule has 0 aliphatic carbocycles. The van der Waals surface area contributed by atoms with Crippen LogP contribution in [0.3, 0.4) is 0 Å². The Labute approximate surface area is 600 Å². The van der Waals surface area contributed by atoms with Crippen LogP contribution < -0.4 is 0 Å². The van der Waals surface area contributed by atoms with E-state index < -0.39 is 97.5 Å². The van der Waals surface area contributed by atoms with Crippen molar-refractivity contribution in [2.24, 2.45) is 11.8 Å². The van der Waals surface area contributed by atoms with Crippen LogP contribution in [0.15, 0.2) is 0 Å². The molecule has 0 spiro atoms. The zero-order valence-electron chi connectivity index (χ0n) is 64.1. The first kappa shape index (κ1) is 96.1. The summed E-state index contributed by atoms with van der Waals surface area (Å²) in [4.78, 5) is 73.0. The van der Waals surface area contributed by atoms with Gasteiger partial charge in [-0.15, -0.1) is 0 Å². The summed E-state index contributed by atoms with van der Waals surface area (Å²) >= 11 is 0. The fourth-order valence-electron chi connectivity index (χ4n) is 12.2. The van der Waals surface area contributed by atoms with E-state index in [0.717, 1.165) is 102 Å². The van der Waals surface area contributed by atoms with Crippen molar-refractivity contribution in [3.63, 3.8) is 0 Å². The van der Waals surface area contributed by atoms with E-state index in [2.05, 4.69) is 41.5 Å². The van der Waals surface area contributed by atoms with Crippen LogP contribution >= 0.6 is 15.6 Å². The third kappa shape index (κ3) is 72.4. The molecule has 0 rings (SSSR count). The van der Waals surface area contributed by atoms with Crippen molar-refractivity contribution in [3.05, 3.63) is 0 Å². The first-order valence-corrected chi connectivity index (χ1v) is 44.0. The maximum atomic E-state index is 13.1. The number of esters is 4. The van der Waals surface area contributed by atoms with Crippen molar-refractivity contribution in [1.29, 1.82) is 0 Å². The average molecular weight is 1440 g/mol. The molecule has 2 unspecified atom stereocenters. The van der Waals surface area contributed by atoms with Crippen molar-refractivity contribution < 1.29 is 80.2 Å². The molecule has 0 heterocycles. The number of carbonyl (C=O) groups is 4. The maximum Gasteiger partial charge on any atom is 0.472 e. The lowest BCUT2D eigenvalue weighted by Gasteiger charge is -2.21. The van der Waals surface area contributed by atoms with Crippen molar-refractivity contribution >= 4 is 39.5 Å². The van der Waals surface area contributed by atoms with E-state index in [1.54, 1.807) is 0 Å². The normalized spacial score (nSPS) is 13.9. The van der Waals surface area contributed by atoms with Gasteiger partial charge in [0.25, 0.3) is 0 Å². The quantitative estimate of drug-likeness (QED) is 0.0222. The van der Waals surface area contributed by atoms with Gasteiger partial charge in [0.2, 0.25) is 0 Å². The number of hydrogen-bond acceptors (Lipinski definition) is 15. The van der Waals surface area contributed by atoms with Gasteiger partial charge in [-0.05, 0) is 37.5 Å². The Hall–Kier alpha value is -1.94. The number of phosphoric ester groups is 2. The molecule has 3 N–H and O–H groups in total. The van der Waals surface area contributed by atoms with Crippen molar-refractivity contribution in [2.45, 2.75) is 432 Å². The molecule has 0 aliphatic rings. The predicted octanol–water partition coefficient (Wildman–Crippen LogP) is 23.5. The molecule has 582 valence electrons. The molecule has 0 saturated heterocycles. The first-order valence-electron chi connectivity index (χ1n) is 41.0. The van der Waals surface area contributed by atoms with Gasteiger partial charge in [-0.25, -0.2) is 9.13 Å². The molecule has 0 bridgehead atoms. The molecule has 0 aromatic carbocycles. The number of hydrogen-bond donors (Lipinski definition) is 3. The summed E-state index contributed by atoms with van der Waals surface area (Å²) < 4.78 is 68.7. The molecule has 0 aromatic heterocycles. The van der Waals surface area contributed by atoms with E-state index >= 15 is 0 Å². The van der Waals surface area contributed by atoms with Crippen LogP contribution in [-0.4, -0.2) is 96.7 Å². The number of rotatable bonds is 78. The number of ether oxygens (including phenoxy) is 4. The number of carbonyl (C=O) groups excluding carboxylic acids is 4. The Morgan fingerprint density at radius 3 is 0.694 bits per heavy atom. The second-order valence-electron chi connectivity index (χ2n) is 29.4. The Balaban J connectivity index is 5.25. The SMILES string of the molecule is CCCCCCCCCCCCCCCCCCC(=O)OC[C@H](COP(=O)(O)OC[C@@H](O)COP(=O)(O)OC[C@@H](COC(=O)CCCCCCCCCCCCCC)OC(=O)CCCCCCCCCCCC(C)C)OC(=O)CCCCCCCCCCCCCCCCCC(C)C.